The summed E-state index contributed by atoms with van der Waals surface area (Å²) in [5.41, 5.74) is 4.09. The Labute approximate surface area is 175 Å². The van der Waals surface area contributed by atoms with E-state index in [1.807, 2.05) is 35.9 Å². The molecule has 1 aromatic carbocycles. The summed E-state index contributed by atoms with van der Waals surface area (Å²) >= 11 is 0. The molecule has 0 aliphatic heterocycles. The lowest BCUT2D eigenvalue weighted by molar-refractivity contribution is 0.581. The van der Waals surface area contributed by atoms with Gasteiger partial charge in [-0.1, -0.05) is 38.0 Å². The third-order valence-corrected chi connectivity index (χ3v) is 4.78. The van der Waals surface area contributed by atoms with Gasteiger partial charge in [0.15, 0.2) is 5.82 Å². The Kier molecular flexibility index (Phi) is 5.22. The van der Waals surface area contributed by atoms with Crippen molar-refractivity contribution in [3.05, 3.63) is 66.2 Å². The number of benzene rings is 1. The Balaban J connectivity index is 1.49. The third-order valence-electron chi connectivity index (χ3n) is 4.78. The van der Waals surface area contributed by atoms with Crippen molar-refractivity contribution in [1.29, 1.82) is 0 Å². The van der Waals surface area contributed by atoms with Gasteiger partial charge in [-0.3, -0.25) is 4.98 Å². The minimum Gasteiger partial charge on any atom is -0.401 e. The van der Waals surface area contributed by atoms with Crippen LogP contribution in [0.5, 0.6) is 0 Å². The van der Waals surface area contributed by atoms with Crippen LogP contribution in [0.15, 0.2) is 59.5 Å². The van der Waals surface area contributed by atoms with Gasteiger partial charge in [0.1, 0.15) is 5.69 Å². The highest BCUT2D eigenvalue weighted by Crippen LogP contribution is 2.29. The Morgan fingerprint density at radius 1 is 1.00 bits per heavy atom. The molecule has 0 atom stereocenters. The zero-order valence-electron chi connectivity index (χ0n) is 17.5. The van der Waals surface area contributed by atoms with Crippen LogP contribution in [0, 0.1) is 0 Å². The highest BCUT2D eigenvalue weighted by Gasteiger charge is 2.18. The van der Waals surface area contributed by atoms with Gasteiger partial charge in [-0.15, -0.1) is 5.10 Å². The summed E-state index contributed by atoms with van der Waals surface area (Å²) < 4.78 is 7.71. The van der Waals surface area contributed by atoms with Crippen molar-refractivity contribution in [2.24, 2.45) is 7.05 Å². The van der Waals surface area contributed by atoms with Crippen LogP contribution in [-0.4, -0.2) is 24.7 Å². The van der Waals surface area contributed by atoms with Crippen molar-refractivity contribution in [1.82, 2.24) is 24.7 Å². The van der Waals surface area contributed by atoms with Gasteiger partial charge >= 0.3 is 6.01 Å². The van der Waals surface area contributed by atoms with E-state index in [4.69, 9.17) is 4.42 Å². The Hall–Kier alpha value is -3.68. The summed E-state index contributed by atoms with van der Waals surface area (Å²) in [7, 11) is 1.89. The summed E-state index contributed by atoms with van der Waals surface area (Å²) in [6, 6.07) is 12.5. The summed E-state index contributed by atoms with van der Waals surface area (Å²) in [5, 5.41) is 14.8. The topological polar surface area (TPSA) is 93.7 Å². The number of aryl methyl sites for hydroxylation is 1. The number of imidazole rings is 1. The van der Waals surface area contributed by atoms with Crippen LogP contribution >= 0.6 is 0 Å². The molecule has 0 bridgehead atoms. The van der Waals surface area contributed by atoms with Crippen molar-refractivity contribution in [2.45, 2.75) is 32.7 Å². The monoisotopic (exact) mass is 403 g/mol. The predicted octanol–water partition coefficient (Wildman–Crippen LogP) is 4.52. The van der Waals surface area contributed by atoms with Gasteiger partial charge in [-0.05, 0) is 40.8 Å². The number of nitrogens with one attached hydrogen (secondary N) is 2. The van der Waals surface area contributed by atoms with Crippen LogP contribution < -0.4 is 10.6 Å². The molecule has 0 aliphatic rings. The molecule has 8 heteroatoms. The molecule has 2 N–H and O–H groups in total. The first-order valence-corrected chi connectivity index (χ1v) is 9.76. The first-order valence-electron chi connectivity index (χ1n) is 9.76. The van der Waals surface area contributed by atoms with E-state index in [0.717, 1.165) is 16.9 Å². The van der Waals surface area contributed by atoms with Gasteiger partial charge in [-0.25, -0.2) is 4.98 Å². The summed E-state index contributed by atoms with van der Waals surface area (Å²) in [6.45, 7) is 7.18. The molecule has 8 nitrogen and oxygen atoms in total. The molecule has 0 spiro atoms. The normalized spacial score (nSPS) is 11.5. The number of hydrogen-bond donors (Lipinski definition) is 2. The first-order chi connectivity index (χ1) is 14.4. The van der Waals surface area contributed by atoms with Crippen molar-refractivity contribution >= 4 is 17.5 Å². The van der Waals surface area contributed by atoms with Gasteiger partial charge < -0.3 is 19.6 Å². The largest absolute Gasteiger partial charge is 0.401 e. The Morgan fingerprint density at radius 2 is 1.73 bits per heavy atom. The minimum absolute atomic E-state index is 0.107. The summed E-state index contributed by atoms with van der Waals surface area (Å²) in [4.78, 5) is 8.46. The molecule has 154 valence electrons. The molecule has 4 aromatic rings. The molecular formula is C22H25N7O. The maximum absolute atomic E-state index is 5.86. The summed E-state index contributed by atoms with van der Waals surface area (Å²) in [5.74, 6) is 1.07. The second kappa shape index (κ2) is 7.98. The van der Waals surface area contributed by atoms with Crippen molar-refractivity contribution in [3.8, 4) is 11.6 Å². The van der Waals surface area contributed by atoms with Crippen molar-refractivity contribution < 1.29 is 4.42 Å². The van der Waals surface area contributed by atoms with E-state index < -0.39 is 0 Å². The van der Waals surface area contributed by atoms with Gasteiger partial charge in [0.05, 0.1) is 6.33 Å². The highest BCUT2D eigenvalue weighted by molar-refractivity contribution is 5.66. The number of aromatic nitrogens is 5. The maximum Gasteiger partial charge on any atom is 0.320 e. The molecule has 0 aliphatic carbocycles. The molecule has 0 saturated carbocycles. The molecular weight excluding hydrogens is 378 g/mol. The fourth-order valence-electron chi connectivity index (χ4n) is 3.04. The van der Waals surface area contributed by atoms with E-state index in [1.54, 1.807) is 18.7 Å². The van der Waals surface area contributed by atoms with E-state index in [2.05, 4.69) is 63.7 Å². The number of rotatable bonds is 6. The van der Waals surface area contributed by atoms with Gasteiger partial charge in [0.2, 0.25) is 0 Å². The SMILES string of the molecule is Cn1cnc(NCc2ccncc2)c1-c1nnc(Nc2ccc(C(C)(C)C)cc2)o1. The van der Waals surface area contributed by atoms with Crippen LogP contribution in [0.25, 0.3) is 11.6 Å². The Morgan fingerprint density at radius 3 is 2.43 bits per heavy atom. The number of nitrogens with zero attached hydrogens (tertiary/aromatic N) is 5. The first kappa shape index (κ1) is 19.6. The average Bonchev–Trinajstić information content (AvgIpc) is 3.33. The minimum atomic E-state index is 0.107. The molecule has 0 radical (unpaired) electrons. The standard InChI is InChI=1S/C22H25N7O/c1-22(2,3)16-5-7-17(8-6-16)26-21-28-27-20(30-21)18-19(25-14-29(18)4)24-13-15-9-11-23-12-10-15/h5-12,14,24H,13H2,1-4H3,(H,26,28). The van der Waals surface area contributed by atoms with Crippen LogP contribution in [0.2, 0.25) is 0 Å². The predicted molar refractivity (Wildman–Crippen MR) is 116 cm³/mol. The molecule has 3 heterocycles. The number of hydrogen-bond acceptors (Lipinski definition) is 7. The van der Waals surface area contributed by atoms with Crippen molar-refractivity contribution in [3.63, 3.8) is 0 Å². The van der Waals surface area contributed by atoms with E-state index in [1.165, 1.54) is 5.56 Å². The van der Waals surface area contributed by atoms with E-state index in [9.17, 15) is 0 Å². The highest BCUT2D eigenvalue weighted by atomic mass is 16.4. The van der Waals surface area contributed by atoms with Crippen LogP contribution in [0.3, 0.4) is 0 Å². The fourth-order valence-corrected chi connectivity index (χ4v) is 3.04. The quantitative estimate of drug-likeness (QED) is 0.489. The maximum atomic E-state index is 5.86. The van der Waals surface area contributed by atoms with E-state index >= 15 is 0 Å². The number of anilines is 3. The zero-order chi connectivity index (χ0) is 21.1. The van der Waals surface area contributed by atoms with Gasteiger partial charge in [-0.2, -0.15) is 0 Å². The summed E-state index contributed by atoms with van der Waals surface area (Å²) in [6.07, 6.45) is 5.24. The lowest BCUT2D eigenvalue weighted by Crippen LogP contribution is -2.10. The fraction of sp³-hybridized carbons (Fsp3) is 0.273. The third kappa shape index (κ3) is 4.32. The molecule has 0 unspecified atom stereocenters. The zero-order valence-corrected chi connectivity index (χ0v) is 17.5. The van der Waals surface area contributed by atoms with E-state index in [-0.39, 0.29) is 5.41 Å². The second-order valence-corrected chi connectivity index (χ2v) is 8.13. The smallest absolute Gasteiger partial charge is 0.320 e. The molecule has 30 heavy (non-hydrogen) atoms. The van der Waals surface area contributed by atoms with Crippen LogP contribution in [0.4, 0.5) is 17.5 Å². The van der Waals surface area contributed by atoms with E-state index in [0.29, 0.717) is 24.3 Å². The molecule has 4 rings (SSSR count). The molecule has 0 amide bonds. The lowest BCUT2D eigenvalue weighted by atomic mass is 9.87. The molecule has 0 saturated heterocycles. The second-order valence-electron chi connectivity index (χ2n) is 8.13. The average molecular weight is 403 g/mol. The lowest BCUT2D eigenvalue weighted by Gasteiger charge is -2.19. The van der Waals surface area contributed by atoms with Crippen LogP contribution in [-0.2, 0) is 19.0 Å². The molecule has 3 aromatic heterocycles. The van der Waals surface area contributed by atoms with Crippen LogP contribution in [0.1, 0.15) is 31.9 Å². The Bertz CT molecular complexity index is 1110. The van der Waals surface area contributed by atoms with Gasteiger partial charge in [0.25, 0.3) is 5.89 Å². The molecule has 0 fully saturated rings. The van der Waals surface area contributed by atoms with Crippen molar-refractivity contribution in [2.75, 3.05) is 10.6 Å². The van der Waals surface area contributed by atoms with Gasteiger partial charge in [0, 0.05) is 31.7 Å². The number of pyridine rings is 1.